The summed E-state index contributed by atoms with van der Waals surface area (Å²) in [6, 6.07) is 0. The summed E-state index contributed by atoms with van der Waals surface area (Å²) in [5.74, 6) is 0. The van der Waals surface area contributed by atoms with Crippen LogP contribution in [0.2, 0.25) is 0 Å². The Bertz CT molecular complexity index is 169. The molecule has 84 valence electrons. The molecule has 14 heavy (non-hydrogen) atoms. The SMILES string of the molecule is CCC(C)(CN)CN1CCC(OC)C1. The molecule has 1 heterocycles. The number of hydrogen-bond donors (Lipinski definition) is 1. The first-order valence-electron chi connectivity index (χ1n) is 5.59. The highest BCUT2D eigenvalue weighted by Crippen LogP contribution is 2.23. The highest BCUT2D eigenvalue weighted by Gasteiger charge is 2.28. The number of rotatable bonds is 5. The molecule has 2 N–H and O–H groups in total. The first-order chi connectivity index (χ1) is 6.63. The van der Waals surface area contributed by atoms with Gasteiger partial charge in [0.15, 0.2) is 0 Å². The molecule has 0 aliphatic carbocycles. The number of nitrogens with zero attached hydrogens (tertiary/aromatic N) is 1. The van der Waals surface area contributed by atoms with Gasteiger partial charge in [-0.3, -0.25) is 0 Å². The van der Waals surface area contributed by atoms with Crippen LogP contribution in [0.25, 0.3) is 0 Å². The van der Waals surface area contributed by atoms with E-state index in [9.17, 15) is 0 Å². The van der Waals surface area contributed by atoms with Crippen molar-refractivity contribution in [1.29, 1.82) is 0 Å². The molecule has 0 saturated carbocycles. The van der Waals surface area contributed by atoms with Gasteiger partial charge in [0.25, 0.3) is 0 Å². The molecule has 0 aromatic rings. The molecule has 1 saturated heterocycles. The van der Waals surface area contributed by atoms with Gasteiger partial charge in [-0.2, -0.15) is 0 Å². The summed E-state index contributed by atoms with van der Waals surface area (Å²) in [7, 11) is 1.80. The zero-order chi connectivity index (χ0) is 10.6. The van der Waals surface area contributed by atoms with Gasteiger partial charge in [-0.1, -0.05) is 13.8 Å². The molecular formula is C11H24N2O. The smallest absolute Gasteiger partial charge is 0.0710 e. The topological polar surface area (TPSA) is 38.5 Å². The second-order valence-electron chi connectivity index (χ2n) is 4.75. The van der Waals surface area contributed by atoms with Crippen LogP contribution in [0, 0.1) is 5.41 Å². The zero-order valence-corrected chi connectivity index (χ0v) is 9.75. The van der Waals surface area contributed by atoms with E-state index < -0.39 is 0 Å². The Hall–Kier alpha value is -0.120. The predicted octanol–water partition coefficient (Wildman–Crippen LogP) is 1.08. The maximum absolute atomic E-state index is 5.80. The number of methoxy groups -OCH3 is 1. The molecule has 1 aliphatic heterocycles. The fourth-order valence-corrected chi connectivity index (χ4v) is 1.99. The molecule has 1 aliphatic rings. The Balaban J connectivity index is 2.37. The fourth-order valence-electron chi connectivity index (χ4n) is 1.99. The van der Waals surface area contributed by atoms with Crippen LogP contribution in [0.15, 0.2) is 0 Å². The van der Waals surface area contributed by atoms with E-state index in [4.69, 9.17) is 10.5 Å². The summed E-state index contributed by atoms with van der Waals surface area (Å²) in [6.45, 7) is 8.61. The highest BCUT2D eigenvalue weighted by molar-refractivity contribution is 4.83. The second-order valence-corrected chi connectivity index (χ2v) is 4.75. The minimum atomic E-state index is 0.280. The maximum Gasteiger partial charge on any atom is 0.0710 e. The maximum atomic E-state index is 5.80. The van der Waals surface area contributed by atoms with Gasteiger partial charge in [-0.05, 0) is 24.8 Å². The van der Waals surface area contributed by atoms with Crippen LogP contribution in [0.1, 0.15) is 26.7 Å². The Labute approximate surface area is 87.6 Å². The Kier molecular flexibility index (Phi) is 4.35. The van der Waals surface area contributed by atoms with Crippen LogP contribution in [0.3, 0.4) is 0 Å². The van der Waals surface area contributed by atoms with E-state index >= 15 is 0 Å². The van der Waals surface area contributed by atoms with Crippen LogP contribution >= 0.6 is 0 Å². The summed E-state index contributed by atoms with van der Waals surface area (Å²) in [5.41, 5.74) is 6.09. The largest absolute Gasteiger partial charge is 0.380 e. The normalized spacial score (nSPS) is 27.9. The summed E-state index contributed by atoms with van der Waals surface area (Å²) < 4.78 is 5.35. The van der Waals surface area contributed by atoms with Crippen molar-refractivity contribution in [3.8, 4) is 0 Å². The van der Waals surface area contributed by atoms with Gasteiger partial charge in [0.05, 0.1) is 6.10 Å². The molecule has 2 atom stereocenters. The number of nitrogens with two attached hydrogens (primary N) is 1. The van der Waals surface area contributed by atoms with Gasteiger partial charge in [-0.15, -0.1) is 0 Å². The third-order valence-corrected chi connectivity index (χ3v) is 3.51. The molecule has 2 unspecified atom stereocenters. The van der Waals surface area contributed by atoms with Gasteiger partial charge < -0.3 is 15.4 Å². The average Bonchev–Trinajstić information content (AvgIpc) is 2.65. The van der Waals surface area contributed by atoms with Crippen molar-refractivity contribution in [2.75, 3.05) is 33.3 Å². The lowest BCUT2D eigenvalue weighted by Gasteiger charge is -2.31. The van der Waals surface area contributed by atoms with Crippen LogP contribution in [-0.4, -0.2) is 44.3 Å². The van der Waals surface area contributed by atoms with Gasteiger partial charge >= 0.3 is 0 Å². The third-order valence-electron chi connectivity index (χ3n) is 3.51. The molecule has 0 bridgehead atoms. The summed E-state index contributed by atoms with van der Waals surface area (Å²) >= 11 is 0. The first-order valence-corrected chi connectivity index (χ1v) is 5.59. The fraction of sp³-hybridized carbons (Fsp3) is 1.00. The summed E-state index contributed by atoms with van der Waals surface area (Å²) in [6.07, 6.45) is 2.76. The summed E-state index contributed by atoms with van der Waals surface area (Å²) in [5, 5.41) is 0. The molecular weight excluding hydrogens is 176 g/mol. The van der Waals surface area contributed by atoms with Crippen LogP contribution < -0.4 is 5.73 Å². The summed E-state index contributed by atoms with van der Waals surface area (Å²) in [4.78, 5) is 2.48. The minimum Gasteiger partial charge on any atom is -0.380 e. The van der Waals surface area contributed by atoms with Crippen LogP contribution in [-0.2, 0) is 4.74 Å². The van der Waals surface area contributed by atoms with Gasteiger partial charge in [0, 0.05) is 26.7 Å². The van der Waals surface area contributed by atoms with E-state index in [0.717, 1.165) is 32.6 Å². The number of hydrogen-bond acceptors (Lipinski definition) is 3. The monoisotopic (exact) mass is 200 g/mol. The Morgan fingerprint density at radius 2 is 2.29 bits per heavy atom. The standard InChI is InChI=1S/C11H24N2O/c1-4-11(2,8-12)9-13-6-5-10(7-13)14-3/h10H,4-9,12H2,1-3H3. The van der Waals surface area contributed by atoms with E-state index in [1.807, 2.05) is 0 Å². The zero-order valence-electron chi connectivity index (χ0n) is 9.75. The van der Waals surface area contributed by atoms with Crippen molar-refractivity contribution < 1.29 is 4.74 Å². The van der Waals surface area contributed by atoms with Gasteiger partial charge in [0.1, 0.15) is 0 Å². The average molecular weight is 200 g/mol. The van der Waals surface area contributed by atoms with Crippen LogP contribution in [0.4, 0.5) is 0 Å². The van der Waals surface area contributed by atoms with E-state index in [1.54, 1.807) is 7.11 Å². The van der Waals surface area contributed by atoms with E-state index in [0.29, 0.717) is 6.10 Å². The lowest BCUT2D eigenvalue weighted by molar-refractivity contribution is 0.0994. The number of ether oxygens (including phenoxy) is 1. The first kappa shape index (κ1) is 12.0. The van der Waals surface area contributed by atoms with E-state index in [2.05, 4.69) is 18.7 Å². The molecule has 3 nitrogen and oxygen atoms in total. The Morgan fingerprint density at radius 1 is 1.57 bits per heavy atom. The minimum absolute atomic E-state index is 0.280. The van der Waals surface area contributed by atoms with E-state index in [1.165, 1.54) is 6.42 Å². The molecule has 1 fully saturated rings. The lowest BCUT2D eigenvalue weighted by Crippen LogP contribution is -2.39. The second kappa shape index (κ2) is 5.10. The highest BCUT2D eigenvalue weighted by atomic mass is 16.5. The third kappa shape index (κ3) is 2.94. The van der Waals surface area contributed by atoms with Gasteiger partial charge in [0.2, 0.25) is 0 Å². The molecule has 0 aromatic heterocycles. The predicted molar refractivity (Wildman–Crippen MR) is 59.3 cm³/mol. The van der Waals surface area contributed by atoms with Crippen molar-refractivity contribution in [3.05, 3.63) is 0 Å². The Morgan fingerprint density at radius 3 is 2.71 bits per heavy atom. The van der Waals surface area contributed by atoms with E-state index in [-0.39, 0.29) is 5.41 Å². The van der Waals surface area contributed by atoms with Crippen molar-refractivity contribution in [2.24, 2.45) is 11.1 Å². The van der Waals surface area contributed by atoms with Crippen molar-refractivity contribution in [1.82, 2.24) is 4.90 Å². The molecule has 0 spiro atoms. The molecule has 0 radical (unpaired) electrons. The lowest BCUT2D eigenvalue weighted by atomic mass is 9.87. The van der Waals surface area contributed by atoms with Crippen molar-refractivity contribution >= 4 is 0 Å². The van der Waals surface area contributed by atoms with Crippen molar-refractivity contribution in [3.63, 3.8) is 0 Å². The molecule has 3 heteroatoms. The quantitative estimate of drug-likeness (QED) is 0.722. The van der Waals surface area contributed by atoms with Crippen LogP contribution in [0.5, 0.6) is 0 Å². The number of likely N-dealkylation sites (tertiary alicyclic amines) is 1. The van der Waals surface area contributed by atoms with Gasteiger partial charge in [-0.25, -0.2) is 0 Å². The molecule has 0 aromatic carbocycles. The molecule has 1 rings (SSSR count). The molecule has 0 amide bonds. The van der Waals surface area contributed by atoms with Crippen molar-refractivity contribution in [2.45, 2.75) is 32.8 Å².